The molecule has 0 atom stereocenters. The summed E-state index contributed by atoms with van der Waals surface area (Å²) in [6, 6.07) is 11.4. The van der Waals surface area contributed by atoms with E-state index in [0.717, 1.165) is 40.1 Å². The predicted octanol–water partition coefficient (Wildman–Crippen LogP) is 4.10. The molecular formula is C20H17FN6OS. The van der Waals surface area contributed by atoms with Gasteiger partial charge in [-0.3, -0.25) is 10.1 Å². The van der Waals surface area contributed by atoms with Crippen molar-refractivity contribution in [3.8, 4) is 17.2 Å². The summed E-state index contributed by atoms with van der Waals surface area (Å²) in [5.74, 6) is -0.559. The van der Waals surface area contributed by atoms with Gasteiger partial charge in [0.25, 0.3) is 5.91 Å². The van der Waals surface area contributed by atoms with Crippen LogP contribution in [-0.2, 0) is 0 Å². The van der Waals surface area contributed by atoms with Gasteiger partial charge in [-0.2, -0.15) is 9.36 Å². The quantitative estimate of drug-likeness (QED) is 0.549. The summed E-state index contributed by atoms with van der Waals surface area (Å²) < 4.78 is 19.3. The van der Waals surface area contributed by atoms with E-state index in [4.69, 9.17) is 0 Å². The van der Waals surface area contributed by atoms with Crippen LogP contribution in [0.1, 0.15) is 27.2 Å². The minimum absolute atomic E-state index is 0.207. The zero-order chi connectivity index (χ0) is 20.5. The number of hydrogen-bond acceptors (Lipinski definition) is 6. The zero-order valence-corrected chi connectivity index (χ0v) is 16.8. The number of carbonyl (C=O) groups excluding carboxylic acids is 1. The number of nitrogens with one attached hydrogen (secondary N) is 1. The topological polar surface area (TPSA) is 85.6 Å². The molecule has 0 saturated heterocycles. The molecule has 29 heavy (non-hydrogen) atoms. The summed E-state index contributed by atoms with van der Waals surface area (Å²) in [7, 11) is 0. The van der Waals surface area contributed by atoms with Gasteiger partial charge in [0.2, 0.25) is 5.13 Å². The van der Waals surface area contributed by atoms with Gasteiger partial charge in [0.15, 0.2) is 11.5 Å². The zero-order valence-electron chi connectivity index (χ0n) is 16.0. The maximum Gasteiger partial charge on any atom is 0.257 e. The van der Waals surface area contributed by atoms with Gasteiger partial charge >= 0.3 is 0 Å². The monoisotopic (exact) mass is 408 g/mol. The molecule has 0 radical (unpaired) electrons. The van der Waals surface area contributed by atoms with Gasteiger partial charge in [0.1, 0.15) is 5.82 Å². The van der Waals surface area contributed by atoms with Crippen molar-refractivity contribution < 1.29 is 9.18 Å². The van der Waals surface area contributed by atoms with Crippen LogP contribution in [0.5, 0.6) is 0 Å². The second kappa shape index (κ2) is 7.51. The average molecular weight is 408 g/mol. The lowest BCUT2D eigenvalue weighted by Crippen LogP contribution is -2.11. The number of anilines is 1. The molecule has 146 valence electrons. The van der Waals surface area contributed by atoms with Crippen LogP contribution in [0.2, 0.25) is 0 Å². The van der Waals surface area contributed by atoms with E-state index in [0.29, 0.717) is 16.6 Å². The number of nitrogens with zero attached hydrogens (tertiary/aromatic N) is 5. The molecule has 0 fully saturated rings. The first kappa shape index (κ1) is 18.9. The summed E-state index contributed by atoms with van der Waals surface area (Å²) in [4.78, 5) is 16.6. The van der Waals surface area contributed by atoms with Crippen molar-refractivity contribution in [2.24, 2.45) is 0 Å². The third kappa shape index (κ3) is 3.64. The van der Waals surface area contributed by atoms with E-state index < -0.39 is 11.7 Å². The molecule has 0 aliphatic carbocycles. The third-order valence-corrected chi connectivity index (χ3v) is 5.27. The molecule has 0 bridgehead atoms. The lowest BCUT2D eigenvalue weighted by Gasteiger charge is -2.09. The Labute approximate surface area is 170 Å². The number of aryl methyl sites for hydroxylation is 1. The van der Waals surface area contributed by atoms with E-state index in [1.54, 1.807) is 4.68 Å². The van der Waals surface area contributed by atoms with Gasteiger partial charge in [0, 0.05) is 17.1 Å². The Bertz CT molecular complexity index is 1220. The Morgan fingerprint density at radius 1 is 1.14 bits per heavy atom. The van der Waals surface area contributed by atoms with Crippen molar-refractivity contribution in [3.63, 3.8) is 0 Å². The summed E-state index contributed by atoms with van der Waals surface area (Å²) in [5.41, 5.74) is 4.75. The summed E-state index contributed by atoms with van der Waals surface area (Å²) in [6.07, 6.45) is 0. The largest absolute Gasteiger partial charge is 0.297 e. The molecule has 0 aliphatic heterocycles. The number of aromatic nitrogens is 5. The van der Waals surface area contributed by atoms with Crippen molar-refractivity contribution in [2.75, 3.05) is 5.32 Å². The normalized spacial score (nSPS) is 10.9. The van der Waals surface area contributed by atoms with Crippen molar-refractivity contribution >= 4 is 22.6 Å². The SMILES string of the molecule is Cc1cccc(-n2nnc(-c3nsc(NC(=O)c4cccc(F)c4)n3)c2C)c1C. The molecule has 1 amide bonds. The standard InChI is InChI=1S/C20H17FN6OS/c1-11-6-4-9-16(12(11)2)27-13(3)17(24-26-27)18-22-20(29-25-18)23-19(28)14-7-5-8-15(21)10-14/h4-10H,1-3H3,(H,22,23,25,28). The Kier molecular flexibility index (Phi) is 4.89. The van der Waals surface area contributed by atoms with Gasteiger partial charge in [-0.25, -0.2) is 9.07 Å². The molecular weight excluding hydrogens is 391 g/mol. The highest BCUT2D eigenvalue weighted by atomic mass is 32.1. The van der Waals surface area contributed by atoms with Gasteiger partial charge in [0.05, 0.1) is 11.4 Å². The summed E-state index contributed by atoms with van der Waals surface area (Å²) >= 11 is 1.03. The fourth-order valence-corrected chi connectivity index (χ4v) is 3.46. The van der Waals surface area contributed by atoms with Crippen molar-refractivity contribution in [3.05, 3.63) is 70.7 Å². The minimum atomic E-state index is -0.478. The van der Waals surface area contributed by atoms with E-state index in [-0.39, 0.29) is 5.56 Å². The summed E-state index contributed by atoms with van der Waals surface area (Å²) in [6.45, 7) is 5.97. The second-order valence-corrected chi connectivity index (χ2v) is 7.29. The molecule has 9 heteroatoms. The van der Waals surface area contributed by atoms with E-state index in [1.165, 1.54) is 18.2 Å². The number of rotatable bonds is 4. The molecule has 0 aliphatic rings. The maximum absolute atomic E-state index is 13.3. The van der Waals surface area contributed by atoms with Crippen LogP contribution in [0, 0.1) is 26.6 Å². The highest BCUT2D eigenvalue weighted by Gasteiger charge is 2.19. The molecule has 0 unspecified atom stereocenters. The number of benzene rings is 2. The Morgan fingerprint density at radius 2 is 1.93 bits per heavy atom. The van der Waals surface area contributed by atoms with Crippen LogP contribution in [0.4, 0.5) is 9.52 Å². The van der Waals surface area contributed by atoms with Gasteiger partial charge in [-0.1, -0.05) is 23.4 Å². The summed E-state index contributed by atoms with van der Waals surface area (Å²) in [5, 5.41) is 11.4. The van der Waals surface area contributed by atoms with E-state index in [9.17, 15) is 9.18 Å². The average Bonchev–Trinajstić information content (AvgIpc) is 3.30. The Morgan fingerprint density at radius 3 is 2.72 bits per heavy atom. The number of carbonyl (C=O) groups is 1. The van der Waals surface area contributed by atoms with Crippen molar-refractivity contribution in [1.29, 1.82) is 0 Å². The van der Waals surface area contributed by atoms with Gasteiger partial charge < -0.3 is 0 Å². The smallest absolute Gasteiger partial charge is 0.257 e. The van der Waals surface area contributed by atoms with E-state index >= 15 is 0 Å². The van der Waals surface area contributed by atoms with Crippen LogP contribution in [0.15, 0.2) is 42.5 Å². The highest BCUT2D eigenvalue weighted by Crippen LogP contribution is 2.25. The van der Waals surface area contributed by atoms with Gasteiger partial charge in [-0.05, 0) is 56.2 Å². The van der Waals surface area contributed by atoms with Crippen LogP contribution in [0.3, 0.4) is 0 Å². The first-order chi connectivity index (χ1) is 13.9. The number of halogens is 1. The van der Waals surface area contributed by atoms with Crippen LogP contribution < -0.4 is 5.32 Å². The lowest BCUT2D eigenvalue weighted by molar-refractivity contribution is 0.102. The fourth-order valence-electron chi connectivity index (χ4n) is 2.90. The number of hydrogen-bond donors (Lipinski definition) is 1. The van der Waals surface area contributed by atoms with Crippen molar-refractivity contribution in [1.82, 2.24) is 24.4 Å². The molecule has 2 heterocycles. The van der Waals surface area contributed by atoms with E-state index in [1.807, 2.05) is 39.0 Å². The Balaban J connectivity index is 1.60. The second-order valence-electron chi connectivity index (χ2n) is 6.54. The molecule has 2 aromatic carbocycles. The number of amides is 1. The fraction of sp³-hybridized carbons (Fsp3) is 0.150. The molecule has 2 aromatic heterocycles. The van der Waals surface area contributed by atoms with Crippen LogP contribution in [0.25, 0.3) is 17.2 Å². The molecule has 4 aromatic rings. The molecule has 0 spiro atoms. The van der Waals surface area contributed by atoms with Crippen LogP contribution >= 0.6 is 11.5 Å². The molecule has 7 nitrogen and oxygen atoms in total. The highest BCUT2D eigenvalue weighted by molar-refractivity contribution is 7.10. The van der Waals surface area contributed by atoms with Crippen molar-refractivity contribution in [2.45, 2.75) is 20.8 Å². The van der Waals surface area contributed by atoms with Gasteiger partial charge in [-0.15, -0.1) is 5.10 Å². The molecule has 1 N–H and O–H groups in total. The van der Waals surface area contributed by atoms with E-state index in [2.05, 4.69) is 25.0 Å². The third-order valence-electron chi connectivity index (χ3n) is 4.64. The molecule has 0 saturated carbocycles. The lowest BCUT2D eigenvalue weighted by atomic mass is 10.1. The first-order valence-corrected chi connectivity index (χ1v) is 9.61. The molecule has 4 rings (SSSR count). The minimum Gasteiger partial charge on any atom is -0.297 e. The van der Waals surface area contributed by atoms with Crippen LogP contribution in [-0.4, -0.2) is 30.3 Å². The predicted molar refractivity (Wildman–Crippen MR) is 109 cm³/mol. The Hall–Kier alpha value is -3.46. The first-order valence-electron chi connectivity index (χ1n) is 8.84. The maximum atomic E-state index is 13.3.